The monoisotopic (exact) mass is 285 g/mol. The molecule has 2 amide bonds. The van der Waals surface area contributed by atoms with Gasteiger partial charge in [-0.3, -0.25) is 9.69 Å². The lowest BCUT2D eigenvalue weighted by Crippen LogP contribution is -2.56. The van der Waals surface area contributed by atoms with Crippen LogP contribution in [0.4, 0.5) is 4.79 Å². The van der Waals surface area contributed by atoms with Gasteiger partial charge < -0.3 is 15.3 Å². The summed E-state index contributed by atoms with van der Waals surface area (Å²) < 4.78 is 0. The van der Waals surface area contributed by atoms with E-state index in [4.69, 9.17) is 5.11 Å². The Bertz CT molecular complexity index is 330. The van der Waals surface area contributed by atoms with Gasteiger partial charge in [-0.25, -0.2) is 4.79 Å². The molecule has 20 heavy (non-hydrogen) atoms. The quantitative estimate of drug-likeness (QED) is 0.706. The third-order valence-electron chi connectivity index (χ3n) is 3.90. The van der Waals surface area contributed by atoms with Gasteiger partial charge in [0.15, 0.2) is 0 Å². The van der Waals surface area contributed by atoms with Crippen LogP contribution in [-0.4, -0.2) is 65.7 Å². The number of unbranched alkanes of at least 4 members (excludes halogenated alkanes) is 1. The number of amides is 2. The summed E-state index contributed by atoms with van der Waals surface area (Å²) in [6.45, 7) is 5.66. The second kappa shape index (κ2) is 8.09. The second-order valence-corrected chi connectivity index (χ2v) is 5.50. The molecule has 1 rings (SSSR count). The fourth-order valence-electron chi connectivity index (χ4n) is 2.46. The highest BCUT2D eigenvalue weighted by Crippen LogP contribution is 2.25. The number of carboxylic acids is 1. The van der Waals surface area contributed by atoms with E-state index in [1.165, 1.54) is 0 Å². The van der Waals surface area contributed by atoms with Crippen molar-refractivity contribution in [2.45, 2.75) is 51.6 Å². The predicted molar refractivity (Wildman–Crippen MR) is 77.8 cm³/mol. The number of urea groups is 1. The van der Waals surface area contributed by atoms with Crippen molar-refractivity contribution >= 4 is 12.0 Å². The van der Waals surface area contributed by atoms with E-state index < -0.39 is 5.97 Å². The zero-order chi connectivity index (χ0) is 15.1. The Hall–Kier alpha value is -1.30. The first-order valence-electron chi connectivity index (χ1n) is 7.45. The van der Waals surface area contributed by atoms with Crippen molar-refractivity contribution in [3.05, 3.63) is 0 Å². The van der Waals surface area contributed by atoms with E-state index in [2.05, 4.69) is 12.2 Å². The maximum atomic E-state index is 11.9. The summed E-state index contributed by atoms with van der Waals surface area (Å²) in [6, 6.07) is 0.435. The van der Waals surface area contributed by atoms with E-state index in [1.54, 1.807) is 4.90 Å². The summed E-state index contributed by atoms with van der Waals surface area (Å²) in [5.41, 5.74) is 0. The number of aliphatic carboxylic acids is 1. The Kier molecular flexibility index (Phi) is 6.78. The molecule has 6 heteroatoms. The molecule has 1 saturated carbocycles. The number of carboxylic acid groups (broad SMARTS) is 1. The highest BCUT2D eigenvalue weighted by molar-refractivity contribution is 5.74. The van der Waals surface area contributed by atoms with Crippen LogP contribution in [0.25, 0.3) is 0 Å². The van der Waals surface area contributed by atoms with Gasteiger partial charge in [-0.05, 0) is 25.8 Å². The van der Waals surface area contributed by atoms with Crippen molar-refractivity contribution in [3.8, 4) is 0 Å². The first-order chi connectivity index (χ1) is 9.47. The summed E-state index contributed by atoms with van der Waals surface area (Å²) in [5, 5.41) is 11.8. The Morgan fingerprint density at radius 1 is 1.30 bits per heavy atom. The topological polar surface area (TPSA) is 72.9 Å². The lowest BCUT2D eigenvalue weighted by Gasteiger charge is -2.42. The number of hydrogen-bond donors (Lipinski definition) is 2. The fourth-order valence-corrected chi connectivity index (χ4v) is 2.46. The molecule has 1 aliphatic carbocycles. The minimum absolute atomic E-state index is 0.0248. The zero-order valence-corrected chi connectivity index (χ0v) is 12.8. The maximum absolute atomic E-state index is 11.9. The molecule has 0 aromatic rings. The number of rotatable bonds is 8. The smallest absolute Gasteiger partial charge is 0.317 e. The molecule has 0 aliphatic heterocycles. The lowest BCUT2D eigenvalue weighted by atomic mass is 9.85. The van der Waals surface area contributed by atoms with Crippen molar-refractivity contribution in [1.82, 2.24) is 15.1 Å². The van der Waals surface area contributed by atoms with Gasteiger partial charge in [0.2, 0.25) is 0 Å². The van der Waals surface area contributed by atoms with E-state index in [-0.39, 0.29) is 24.7 Å². The van der Waals surface area contributed by atoms with Crippen LogP contribution < -0.4 is 5.32 Å². The second-order valence-electron chi connectivity index (χ2n) is 5.50. The molecular formula is C14H27N3O3. The average Bonchev–Trinajstić information content (AvgIpc) is 2.36. The largest absolute Gasteiger partial charge is 0.480 e. The molecule has 6 nitrogen and oxygen atoms in total. The summed E-state index contributed by atoms with van der Waals surface area (Å²) in [6.07, 6.45) is 3.77. The Labute approximate surface area is 121 Å². The molecule has 0 heterocycles. The van der Waals surface area contributed by atoms with E-state index >= 15 is 0 Å². The number of likely N-dealkylation sites (N-methyl/N-ethyl adjacent to an activating group) is 1. The summed E-state index contributed by atoms with van der Waals surface area (Å²) in [5.74, 6) is -0.793. The van der Waals surface area contributed by atoms with Gasteiger partial charge in [-0.1, -0.05) is 20.3 Å². The van der Waals surface area contributed by atoms with Gasteiger partial charge >= 0.3 is 12.0 Å². The summed E-state index contributed by atoms with van der Waals surface area (Å²) >= 11 is 0. The Morgan fingerprint density at radius 3 is 2.45 bits per heavy atom. The van der Waals surface area contributed by atoms with Crippen molar-refractivity contribution in [1.29, 1.82) is 0 Å². The first-order valence-corrected chi connectivity index (χ1v) is 7.45. The van der Waals surface area contributed by atoms with Crippen LogP contribution >= 0.6 is 0 Å². The molecule has 0 bridgehead atoms. The van der Waals surface area contributed by atoms with Crippen LogP contribution in [-0.2, 0) is 4.79 Å². The van der Waals surface area contributed by atoms with Crippen LogP contribution in [0, 0.1) is 0 Å². The molecule has 1 fully saturated rings. The van der Waals surface area contributed by atoms with Crippen LogP contribution in [0.15, 0.2) is 0 Å². The van der Waals surface area contributed by atoms with Gasteiger partial charge in [0.25, 0.3) is 0 Å². The number of carbonyl (C=O) groups excluding carboxylic acids is 1. The van der Waals surface area contributed by atoms with Gasteiger partial charge in [-0.2, -0.15) is 0 Å². The minimum Gasteiger partial charge on any atom is -0.480 e. The molecule has 0 spiro atoms. The van der Waals surface area contributed by atoms with E-state index in [9.17, 15) is 9.59 Å². The third kappa shape index (κ3) is 5.00. The van der Waals surface area contributed by atoms with Crippen molar-refractivity contribution < 1.29 is 14.7 Å². The molecule has 1 aliphatic rings. The van der Waals surface area contributed by atoms with Crippen LogP contribution in [0.1, 0.15) is 39.5 Å². The molecular weight excluding hydrogens is 258 g/mol. The molecule has 116 valence electrons. The molecule has 0 aromatic heterocycles. The van der Waals surface area contributed by atoms with Gasteiger partial charge in [-0.15, -0.1) is 0 Å². The average molecular weight is 285 g/mol. The zero-order valence-electron chi connectivity index (χ0n) is 12.8. The predicted octanol–water partition coefficient (Wildman–Crippen LogP) is 1.37. The number of carbonyl (C=O) groups is 2. The molecule has 0 atom stereocenters. The standard InChI is InChI=1S/C14H27N3O3/c1-4-6-7-16(3)14(20)15-11-8-12(9-11)17(5-2)10-13(18)19/h11-12H,4-10H2,1-3H3,(H,15,20)(H,18,19). The maximum Gasteiger partial charge on any atom is 0.317 e. The third-order valence-corrected chi connectivity index (χ3v) is 3.90. The van der Waals surface area contributed by atoms with Crippen molar-refractivity contribution in [2.24, 2.45) is 0 Å². The van der Waals surface area contributed by atoms with Crippen molar-refractivity contribution in [2.75, 3.05) is 26.7 Å². The summed E-state index contributed by atoms with van der Waals surface area (Å²) in [4.78, 5) is 26.3. The van der Waals surface area contributed by atoms with Crippen molar-refractivity contribution in [3.63, 3.8) is 0 Å². The number of hydrogen-bond acceptors (Lipinski definition) is 3. The fraction of sp³-hybridized carbons (Fsp3) is 0.857. The van der Waals surface area contributed by atoms with E-state index in [1.807, 2.05) is 18.9 Å². The van der Waals surface area contributed by atoms with Crippen LogP contribution in [0.3, 0.4) is 0 Å². The molecule has 0 aromatic carbocycles. The molecule has 0 radical (unpaired) electrons. The normalized spacial score (nSPS) is 21.4. The minimum atomic E-state index is -0.793. The van der Waals surface area contributed by atoms with Gasteiger partial charge in [0.1, 0.15) is 0 Å². The van der Waals surface area contributed by atoms with Crippen LogP contribution in [0.2, 0.25) is 0 Å². The van der Waals surface area contributed by atoms with E-state index in [0.29, 0.717) is 0 Å². The van der Waals surface area contributed by atoms with Crippen LogP contribution in [0.5, 0.6) is 0 Å². The van der Waals surface area contributed by atoms with E-state index in [0.717, 1.165) is 38.8 Å². The molecule has 0 saturated heterocycles. The highest BCUT2D eigenvalue weighted by atomic mass is 16.4. The SMILES string of the molecule is CCCCN(C)C(=O)NC1CC(N(CC)CC(=O)O)C1. The number of nitrogens with zero attached hydrogens (tertiary/aromatic N) is 2. The summed E-state index contributed by atoms with van der Waals surface area (Å²) in [7, 11) is 1.81. The van der Waals surface area contributed by atoms with Gasteiger partial charge in [0, 0.05) is 25.7 Å². The highest BCUT2D eigenvalue weighted by Gasteiger charge is 2.34. The molecule has 0 unspecified atom stereocenters. The lowest BCUT2D eigenvalue weighted by molar-refractivity contribution is -0.139. The Morgan fingerprint density at radius 2 is 1.95 bits per heavy atom. The molecule has 2 N–H and O–H groups in total. The Balaban J connectivity index is 2.27. The van der Waals surface area contributed by atoms with Gasteiger partial charge in [0.05, 0.1) is 6.54 Å². The first kappa shape index (κ1) is 16.8. The number of nitrogens with one attached hydrogen (secondary N) is 1.